The lowest BCUT2D eigenvalue weighted by molar-refractivity contribution is -0.178. The quantitative estimate of drug-likeness (QED) is 0.230. The Morgan fingerprint density at radius 2 is 1.93 bits per heavy atom. The van der Waals surface area contributed by atoms with Gasteiger partial charge < -0.3 is 29.2 Å². The van der Waals surface area contributed by atoms with Crippen molar-refractivity contribution in [3.63, 3.8) is 0 Å². The Kier molecular flexibility index (Phi) is 8.79. The molecule has 3 aromatic rings. The molecular weight excluding hydrogens is 612 g/mol. The average Bonchev–Trinajstić information content (AvgIpc) is 3.01. The lowest BCUT2D eigenvalue weighted by atomic mass is 9.66. The van der Waals surface area contributed by atoms with Gasteiger partial charge in [0.2, 0.25) is 18.4 Å². The lowest BCUT2D eigenvalue weighted by Crippen LogP contribution is -2.56. The van der Waals surface area contributed by atoms with Crippen LogP contribution in [0.25, 0.3) is 15.6 Å². The van der Waals surface area contributed by atoms with Gasteiger partial charge >= 0.3 is 6.01 Å². The van der Waals surface area contributed by atoms with E-state index in [-0.39, 0.29) is 44.0 Å². The number of carbonyl (C=O) groups is 1. The molecule has 9 nitrogen and oxygen atoms in total. The number of aromatic nitrogens is 2. The van der Waals surface area contributed by atoms with E-state index in [1.807, 2.05) is 49.3 Å². The van der Waals surface area contributed by atoms with Crippen LogP contribution in [0.1, 0.15) is 24.1 Å². The summed E-state index contributed by atoms with van der Waals surface area (Å²) < 4.78 is 34.4. The number of ether oxygens (including phenoxy) is 1. The third-order valence-corrected chi connectivity index (χ3v) is 9.48. The third kappa shape index (κ3) is 6.33. The maximum Gasteiger partial charge on any atom is 0.318 e. The molecular formula is C34H38ClF2N7O2. The van der Waals surface area contributed by atoms with Gasteiger partial charge in [-0.05, 0) is 44.1 Å². The highest BCUT2D eigenvalue weighted by Crippen LogP contribution is 2.52. The van der Waals surface area contributed by atoms with Crippen molar-refractivity contribution >= 4 is 39.8 Å². The molecule has 0 unspecified atom stereocenters. The molecule has 2 fully saturated rings. The molecule has 12 heteroatoms. The van der Waals surface area contributed by atoms with Crippen LogP contribution in [0.3, 0.4) is 0 Å². The number of alkyl halides is 2. The van der Waals surface area contributed by atoms with E-state index in [0.717, 1.165) is 27.7 Å². The summed E-state index contributed by atoms with van der Waals surface area (Å²) in [7, 11) is 3.74. The standard InChI is InChI=1S/C34H38ClF2N7O2/c1-5-29(45)44-15-14-43(17-24(44)16-38-2)31-25-12-13-42(28-11-7-9-23-8-6-10-26(35)30(23)28)18-27(25)39-32(40-31)46-22-33(21-41(3)4)19-34(36,37)20-33/h5-11,24H,1,12-22H2,3-4H3/t24-/m0/s1. The van der Waals surface area contributed by atoms with Crippen LogP contribution in [0.15, 0.2) is 49.1 Å². The number of amides is 1. The molecule has 1 saturated carbocycles. The topological polar surface area (TPSA) is 69.4 Å². The summed E-state index contributed by atoms with van der Waals surface area (Å²) in [6.07, 6.45) is 1.45. The molecule has 0 radical (unpaired) electrons. The van der Waals surface area contributed by atoms with E-state index in [1.54, 1.807) is 4.90 Å². The molecule has 1 amide bonds. The normalized spacial score (nSPS) is 20.2. The van der Waals surface area contributed by atoms with E-state index in [2.05, 4.69) is 27.3 Å². The first kappa shape index (κ1) is 32.0. The van der Waals surface area contributed by atoms with Crippen LogP contribution in [0.2, 0.25) is 5.02 Å². The van der Waals surface area contributed by atoms with E-state index in [1.165, 1.54) is 6.08 Å². The van der Waals surface area contributed by atoms with E-state index in [4.69, 9.17) is 32.9 Å². The SMILES string of the molecule is [C-]#[N+]C[C@H]1CN(c2nc(OCC3(CN(C)C)CC(F)(F)C3)nc3c2CCN(c2cccc4cccc(Cl)c24)C3)CCN1C(=O)C=C. The number of hydrogen-bond acceptors (Lipinski definition) is 7. The monoisotopic (exact) mass is 649 g/mol. The number of hydrogen-bond donors (Lipinski definition) is 0. The van der Waals surface area contributed by atoms with Gasteiger partial charge in [-0.15, -0.1) is 0 Å². The van der Waals surface area contributed by atoms with Gasteiger partial charge in [0.1, 0.15) is 11.9 Å². The van der Waals surface area contributed by atoms with Gasteiger partial charge in [-0.3, -0.25) is 4.79 Å². The van der Waals surface area contributed by atoms with Crippen molar-refractivity contribution in [1.29, 1.82) is 0 Å². The summed E-state index contributed by atoms with van der Waals surface area (Å²) in [4.78, 5) is 33.9. The van der Waals surface area contributed by atoms with Crippen LogP contribution in [0, 0.1) is 12.0 Å². The predicted octanol–water partition coefficient (Wildman–Crippen LogP) is 5.32. The van der Waals surface area contributed by atoms with Crippen molar-refractivity contribution in [3.05, 3.63) is 76.8 Å². The Balaban J connectivity index is 1.35. The van der Waals surface area contributed by atoms with Crippen molar-refractivity contribution in [2.75, 3.05) is 69.8 Å². The van der Waals surface area contributed by atoms with Gasteiger partial charge in [0.25, 0.3) is 0 Å². The van der Waals surface area contributed by atoms with Gasteiger partial charge in [0.05, 0.1) is 23.9 Å². The number of rotatable bonds is 9. The van der Waals surface area contributed by atoms with Crippen LogP contribution in [-0.2, 0) is 17.8 Å². The molecule has 6 rings (SSSR count). The zero-order valence-corrected chi connectivity index (χ0v) is 26.9. The molecule has 1 aromatic heterocycles. The summed E-state index contributed by atoms with van der Waals surface area (Å²) in [6, 6.07) is 11.8. The van der Waals surface area contributed by atoms with E-state index < -0.39 is 11.3 Å². The highest BCUT2D eigenvalue weighted by molar-refractivity contribution is 6.36. The Bertz CT molecular complexity index is 1680. The number of piperazine rings is 1. The fraction of sp³-hybridized carbons (Fsp3) is 0.471. The van der Waals surface area contributed by atoms with Crippen molar-refractivity contribution < 1.29 is 18.3 Å². The summed E-state index contributed by atoms with van der Waals surface area (Å²) in [5.41, 5.74) is 2.09. The Morgan fingerprint density at radius 1 is 1.17 bits per heavy atom. The maximum atomic E-state index is 14.1. The second-order valence-electron chi connectivity index (χ2n) is 13.0. The molecule has 2 aromatic carbocycles. The summed E-state index contributed by atoms with van der Waals surface area (Å²) in [5.74, 6) is -2.20. The number of halogens is 3. The molecule has 3 heterocycles. The van der Waals surface area contributed by atoms with Crippen LogP contribution >= 0.6 is 11.6 Å². The fourth-order valence-electron chi connectivity index (χ4n) is 7.37. The molecule has 242 valence electrons. The first-order valence-corrected chi connectivity index (χ1v) is 15.9. The Hall–Kier alpha value is -4.01. The Morgan fingerprint density at radius 3 is 2.63 bits per heavy atom. The zero-order chi connectivity index (χ0) is 32.6. The van der Waals surface area contributed by atoms with Gasteiger partial charge in [-0.1, -0.05) is 42.4 Å². The molecule has 0 spiro atoms. The van der Waals surface area contributed by atoms with Crippen LogP contribution in [-0.4, -0.2) is 97.6 Å². The number of fused-ring (bicyclic) bond motifs is 2. The van der Waals surface area contributed by atoms with Gasteiger partial charge in [-0.2, -0.15) is 9.97 Å². The Labute approximate surface area is 273 Å². The molecule has 3 aliphatic rings. The highest BCUT2D eigenvalue weighted by Gasteiger charge is 2.57. The maximum absolute atomic E-state index is 14.1. The minimum atomic E-state index is -2.71. The van der Waals surface area contributed by atoms with Crippen LogP contribution in [0.5, 0.6) is 6.01 Å². The first-order valence-electron chi connectivity index (χ1n) is 15.5. The van der Waals surface area contributed by atoms with Crippen molar-refractivity contribution in [3.8, 4) is 6.01 Å². The number of benzene rings is 2. The predicted molar refractivity (Wildman–Crippen MR) is 176 cm³/mol. The number of anilines is 2. The van der Waals surface area contributed by atoms with Crippen LogP contribution in [0.4, 0.5) is 20.3 Å². The molecule has 2 aliphatic heterocycles. The van der Waals surface area contributed by atoms with E-state index >= 15 is 0 Å². The molecule has 0 N–H and O–H groups in total. The molecule has 46 heavy (non-hydrogen) atoms. The van der Waals surface area contributed by atoms with E-state index in [9.17, 15) is 13.6 Å². The molecule has 1 atom stereocenters. The van der Waals surface area contributed by atoms with Crippen LogP contribution < -0.4 is 14.5 Å². The largest absolute Gasteiger partial charge is 0.463 e. The summed E-state index contributed by atoms with van der Waals surface area (Å²) >= 11 is 6.69. The molecule has 0 bridgehead atoms. The number of carbonyl (C=O) groups excluding carboxylic acids is 1. The summed E-state index contributed by atoms with van der Waals surface area (Å²) in [5, 5.41) is 2.69. The summed E-state index contributed by atoms with van der Waals surface area (Å²) in [6.45, 7) is 14.4. The highest BCUT2D eigenvalue weighted by atomic mass is 35.5. The van der Waals surface area contributed by atoms with Gasteiger partial charge in [0.15, 0.2) is 0 Å². The van der Waals surface area contributed by atoms with Gasteiger partial charge in [0, 0.05) is 67.6 Å². The second kappa shape index (κ2) is 12.6. The number of nitrogens with zero attached hydrogens (tertiary/aromatic N) is 7. The lowest BCUT2D eigenvalue weighted by Gasteiger charge is -2.48. The third-order valence-electron chi connectivity index (χ3n) is 9.16. The zero-order valence-electron chi connectivity index (χ0n) is 26.2. The minimum absolute atomic E-state index is 0.0730. The van der Waals surface area contributed by atoms with Gasteiger partial charge in [-0.25, -0.2) is 15.4 Å². The van der Waals surface area contributed by atoms with Crippen molar-refractivity contribution in [1.82, 2.24) is 19.8 Å². The first-order chi connectivity index (χ1) is 22.0. The fourth-order valence-corrected chi connectivity index (χ4v) is 7.65. The second-order valence-corrected chi connectivity index (χ2v) is 13.4. The minimum Gasteiger partial charge on any atom is -0.463 e. The average molecular weight is 650 g/mol. The smallest absolute Gasteiger partial charge is 0.318 e. The van der Waals surface area contributed by atoms with E-state index in [0.29, 0.717) is 56.5 Å². The van der Waals surface area contributed by atoms with Crippen molar-refractivity contribution in [2.45, 2.75) is 37.8 Å². The van der Waals surface area contributed by atoms with Crippen molar-refractivity contribution in [2.24, 2.45) is 5.41 Å². The molecule has 1 aliphatic carbocycles. The molecule has 1 saturated heterocycles.